The molecule has 4 rings (SSSR count). The van der Waals surface area contributed by atoms with Crippen molar-refractivity contribution in [1.82, 2.24) is 9.97 Å². The number of nitrogens with zero attached hydrogens (tertiary/aromatic N) is 3. The van der Waals surface area contributed by atoms with Gasteiger partial charge in [-0.25, -0.2) is 4.98 Å². The first-order valence-corrected chi connectivity index (χ1v) is 9.24. The van der Waals surface area contributed by atoms with E-state index in [9.17, 15) is 5.11 Å². The van der Waals surface area contributed by atoms with Gasteiger partial charge < -0.3 is 15.3 Å². The van der Waals surface area contributed by atoms with Crippen molar-refractivity contribution in [3.63, 3.8) is 0 Å². The van der Waals surface area contributed by atoms with Crippen molar-refractivity contribution >= 4 is 17.5 Å². The van der Waals surface area contributed by atoms with Gasteiger partial charge >= 0.3 is 0 Å². The van der Waals surface area contributed by atoms with E-state index >= 15 is 0 Å². The van der Waals surface area contributed by atoms with Gasteiger partial charge in [-0.05, 0) is 55.2 Å². The fourth-order valence-corrected chi connectivity index (χ4v) is 3.37. The van der Waals surface area contributed by atoms with Crippen molar-refractivity contribution in [2.45, 2.75) is 32.4 Å². The smallest absolute Gasteiger partial charge is 0.229 e. The summed E-state index contributed by atoms with van der Waals surface area (Å²) in [5.74, 6) is 1.52. The highest BCUT2D eigenvalue weighted by Gasteiger charge is 2.22. The quantitative estimate of drug-likeness (QED) is 0.736. The van der Waals surface area contributed by atoms with Gasteiger partial charge in [-0.15, -0.1) is 0 Å². The lowest BCUT2D eigenvalue weighted by atomic mass is 9.91. The van der Waals surface area contributed by atoms with E-state index in [1.807, 2.05) is 56.3 Å². The summed E-state index contributed by atoms with van der Waals surface area (Å²) in [6, 6.07) is 18.2. The number of benzene rings is 2. The average molecular weight is 360 g/mol. The summed E-state index contributed by atoms with van der Waals surface area (Å²) in [4.78, 5) is 11.3. The van der Waals surface area contributed by atoms with Crippen LogP contribution in [0.5, 0.6) is 0 Å². The molecule has 1 aliphatic heterocycles. The number of hydrogen-bond acceptors (Lipinski definition) is 5. The van der Waals surface area contributed by atoms with Gasteiger partial charge in [0.25, 0.3) is 0 Å². The molecule has 2 heterocycles. The maximum Gasteiger partial charge on any atom is 0.229 e. The van der Waals surface area contributed by atoms with Crippen LogP contribution < -0.4 is 10.2 Å². The second-order valence-corrected chi connectivity index (χ2v) is 7.44. The minimum atomic E-state index is -0.809. The molecule has 27 heavy (non-hydrogen) atoms. The van der Waals surface area contributed by atoms with Crippen LogP contribution in [0.3, 0.4) is 0 Å². The van der Waals surface area contributed by atoms with Gasteiger partial charge in [0.1, 0.15) is 5.82 Å². The number of fused-ring (bicyclic) bond motifs is 1. The summed E-state index contributed by atoms with van der Waals surface area (Å²) in [6.07, 6.45) is 2.73. The zero-order valence-electron chi connectivity index (χ0n) is 15.7. The molecule has 0 amide bonds. The van der Waals surface area contributed by atoms with Crippen LogP contribution in [0.15, 0.2) is 60.8 Å². The number of aliphatic hydroxyl groups is 1. The SMILES string of the molecule is CC(C)(O)c1ccc2c(c1)CCN(c1ccnc(Nc3ccccc3)n1)C2. The Hall–Kier alpha value is -2.92. The zero-order chi connectivity index (χ0) is 18.9. The van der Waals surface area contributed by atoms with Gasteiger partial charge in [0.05, 0.1) is 5.60 Å². The third-order valence-corrected chi connectivity index (χ3v) is 4.92. The molecule has 1 aliphatic rings. The van der Waals surface area contributed by atoms with Crippen LogP contribution in [0.2, 0.25) is 0 Å². The Bertz CT molecular complexity index is 935. The highest BCUT2D eigenvalue weighted by atomic mass is 16.3. The number of hydrogen-bond donors (Lipinski definition) is 2. The molecule has 0 aliphatic carbocycles. The van der Waals surface area contributed by atoms with Gasteiger partial charge in [-0.3, -0.25) is 0 Å². The Morgan fingerprint density at radius 2 is 1.85 bits per heavy atom. The van der Waals surface area contributed by atoms with E-state index in [4.69, 9.17) is 0 Å². The maximum absolute atomic E-state index is 10.2. The first kappa shape index (κ1) is 17.5. The van der Waals surface area contributed by atoms with Crippen molar-refractivity contribution in [2.24, 2.45) is 0 Å². The average Bonchev–Trinajstić information content (AvgIpc) is 2.67. The summed E-state index contributed by atoms with van der Waals surface area (Å²) in [6.45, 7) is 5.35. The first-order chi connectivity index (χ1) is 13.0. The van der Waals surface area contributed by atoms with E-state index in [1.165, 1.54) is 11.1 Å². The topological polar surface area (TPSA) is 61.3 Å². The summed E-state index contributed by atoms with van der Waals surface area (Å²) >= 11 is 0. The monoisotopic (exact) mass is 360 g/mol. The molecule has 2 N–H and O–H groups in total. The fraction of sp³-hybridized carbons (Fsp3) is 0.273. The molecule has 2 aromatic carbocycles. The molecule has 0 saturated carbocycles. The lowest BCUT2D eigenvalue weighted by Gasteiger charge is -2.31. The van der Waals surface area contributed by atoms with Crippen molar-refractivity contribution in [3.8, 4) is 0 Å². The van der Waals surface area contributed by atoms with Crippen LogP contribution >= 0.6 is 0 Å². The van der Waals surface area contributed by atoms with Gasteiger partial charge in [-0.1, -0.05) is 36.4 Å². The van der Waals surface area contributed by atoms with E-state index in [2.05, 4.69) is 32.3 Å². The lowest BCUT2D eigenvalue weighted by molar-refractivity contribution is 0.0785. The van der Waals surface area contributed by atoms with Crippen LogP contribution in [-0.2, 0) is 18.6 Å². The normalized spacial score (nSPS) is 14.0. The number of para-hydroxylation sites is 1. The molecule has 3 aromatic rings. The Morgan fingerprint density at radius 1 is 1.04 bits per heavy atom. The van der Waals surface area contributed by atoms with Gasteiger partial charge in [0.15, 0.2) is 0 Å². The molecule has 0 bridgehead atoms. The van der Waals surface area contributed by atoms with Gasteiger partial charge in [0, 0.05) is 25.0 Å². The van der Waals surface area contributed by atoms with Crippen molar-refractivity contribution in [1.29, 1.82) is 0 Å². The standard InChI is InChI=1S/C22H24N4O/c1-22(2,27)18-9-8-17-15-26(13-11-16(17)14-18)20-10-12-23-21(25-20)24-19-6-4-3-5-7-19/h3-10,12,14,27H,11,13,15H2,1-2H3,(H,23,24,25). The number of rotatable bonds is 4. The second-order valence-electron chi connectivity index (χ2n) is 7.44. The van der Waals surface area contributed by atoms with E-state index < -0.39 is 5.60 Å². The van der Waals surface area contributed by atoms with Gasteiger partial charge in [-0.2, -0.15) is 4.98 Å². The van der Waals surface area contributed by atoms with Crippen molar-refractivity contribution in [3.05, 3.63) is 77.5 Å². The maximum atomic E-state index is 10.2. The Morgan fingerprint density at radius 3 is 2.63 bits per heavy atom. The molecule has 0 atom stereocenters. The van der Waals surface area contributed by atoms with Gasteiger partial charge in [0.2, 0.25) is 5.95 Å². The summed E-state index contributed by atoms with van der Waals surface area (Å²) in [5.41, 5.74) is 3.72. The van der Waals surface area contributed by atoms with E-state index in [1.54, 1.807) is 6.20 Å². The van der Waals surface area contributed by atoms with Crippen LogP contribution in [0.4, 0.5) is 17.5 Å². The molecular weight excluding hydrogens is 336 g/mol. The first-order valence-electron chi connectivity index (χ1n) is 9.24. The number of aromatic nitrogens is 2. The summed E-state index contributed by atoms with van der Waals surface area (Å²) in [5, 5.41) is 13.5. The minimum absolute atomic E-state index is 0.599. The molecule has 0 unspecified atom stereocenters. The Kier molecular flexibility index (Phi) is 4.54. The predicted octanol–water partition coefficient (Wildman–Crippen LogP) is 4.01. The predicted molar refractivity (Wildman–Crippen MR) is 108 cm³/mol. The number of anilines is 3. The molecular formula is C22H24N4O. The molecule has 0 saturated heterocycles. The Balaban J connectivity index is 1.53. The number of nitrogens with one attached hydrogen (secondary N) is 1. The molecule has 1 aromatic heterocycles. The van der Waals surface area contributed by atoms with Crippen molar-refractivity contribution < 1.29 is 5.11 Å². The molecule has 138 valence electrons. The largest absolute Gasteiger partial charge is 0.386 e. The van der Waals surface area contributed by atoms with Crippen LogP contribution in [0, 0.1) is 0 Å². The van der Waals surface area contributed by atoms with E-state index in [0.29, 0.717) is 5.95 Å². The third kappa shape index (κ3) is 3.93. The highest BCUT2D eigenvalue weighted by Crippen LogP contribution is 2.28. The molecule has 5 heteroatoms. The molecule has 0 radical (unpaired) electrons. The summed E-state index contributed by atoms with van der Waals surface area (Å²) in [7, 11) is 0. The Labute approximate surface area is 159 Å². The van der Waals surface area contributed by atoms with Crippen molar-refractivity contribution in [2.75, 3.05) is 16.8 Å². The fourth-order valence-electron chi connectivity index (χ4n) is 3.37. The highest BCUT2D eigenvalue weighted by molar-refractivity contribution is 5.55. The molecule has 0 fully saturated rings. The zero-order valence-corrected chi connectivity index (χ0v) is 15.7. The second kappa shape index (κ2) is 7.00. The van der Waals surface area contributed by atoms with Crippen LogP contribution in [0.1, 0.15) is 30.5 Å². The minimum Gasteiger partial charge on any atom is -0.386 e. The lowest BCUT2D eigenvalue weighted by Crippen LogP contribution is -2.31. The van der Waals surface area contributed by atoms with E-state index in [0.717, 1.165) is 36.6 Å². The van der Waals surface area contributed by atoms with Crippen LogP contribution in [-0.4, -0.2) is 21.6 Å². The van der Waals surface area contributed by atoms with Crippen LogP contribution in [0.25, 0.3) is 0 Å². The molecule has 0 spiro atoms. The van der Waals surface area contributed by atoms with E-state index in [-0.39, 0.29) is 0 Å². The summed E-state index contributed by atoms with van der Waals surface area (Å²) < 4.78 is 0. The molecule has 5 nitrogen and oxygen atoms in total. The third-order valence-electron chi connectivity index (χ3n) is 4.92.